The van der Waals surface area contributed by atoms with Gasteiger partial charge in [-0.15, -0.1) is 13.2 Å². The van der Waals surface area contributed by atoms with Crippen LogP contribution in [0.2, 0.25) is 0 Å². The fourth-order valence-electron chi connectivity index (χ4n) is 2.00. The maximum absolute atomic E-state index is 12.1. The number of hydrogen-bond acceptors (Lipinski definition) is 4. The smallest absolute Gasteiger partial charge is 0.460 e. The number of alkyl halides is 3. The van der Waals surface area contributed by atoms with E-state index in [4.69, 9.17) is 10.5 Å². The highest BCUT2D eigenvalue weighted by Gasteiger charge is 2.31. The summed E-state index contributed by atoms with van der Waals surface area (Å²) in [5.74, 6) is -0.902. The lowest BCUT2D eigenvalue weighted by molar-refractivity contribution is -0.274. The summed E-state index contributed by atoms with van der Waals surface area (Å²) in [5, 5.41) is 0. The first-order valence-corrected chi connectivity index (χ1v) is 7.14. The van der Waals surface area contributed by atoms with Crippen molar-refractivity contribution in [3.63, 3.8) is 0 Å². The number of ether oxygens (including phenoxy) is 2. The second-order valence-corrected chi connectivity index (χ2v) is 5.10. The van der Waals surface area contributed by atoms with Crippen LogP contribution in [-0.2, 0) is 22.6 Å². The first-order chi connectivity index (χ1) is 11.3. The van der Waals surface area contributed by atoms with Gasteiger partial charge in [0.15, 0.2) is 0 Å². The zero-order valence-corrected chi connectivity index (χ0v) is 12.6. The molecule has 128 valence electrons. The number of rotatable bonds is 6. The number of benzene rings is 2. The summed E-state index contributed by atoms with van der Waals surface area (Å²) in [6.07, 6.45) is -4.58. The summed E-state index contributed by atoms with van der Waals surface area (Å²) in [4.78, 5) is 11.9. The molecule has 0 amide bonds. The Hall–Kier alpha value is -2.54. The number of hydrogen-bond donors (Lipinski definition) is 1. The van der Waals surface area contributed by atoms with Crippen LogP contribution in [0.15, 0.2) is 54.6 Å². The van der Waals surface area contributed by atoms with Gasteiger partial charge in [-0.1, -0.05) is 42.5 Å². The minimum absolute atomic E-state index is 0.117. The van der Waals surface area contributed by atoms with Gasteiger partial charge in [-0.3, -0.25) is 4.79 Å². The van der Waals surface area contributed by atoms with Crippen molar-refractivity contribution in [1.29, 1.82) is 0 Å². The maximum atomic E-state index is 12.1. The summed E-state index contributed by atoms with van der Waals surface area (Å²) in [7, 11) is 0. The van der Waals surface area contributed by atoms with Gasteiger partial charge in [0.05, 0.1) is 0 Å². The van der Waals surface area contributed by atoms with Crippen molar-refractivity contribution in [3.05, 3.63) is 65.7 Å². The quantitative estimate of drug-likeness (QED) is 0.821. The number of carbonyl (C=O) groups excluding carboxylic acids is 1. The van der Waals surface area contributed by atoms with E-state index in [0.717, 1.165) is 5.56 Å². The fourth-order valence-corrected chi connectivity index (χ4v) is 2.00. The Balaban J connectivity index is 1.84. The van der Waals surface area contributed by atoms with Gasteiger partial charge in [0, 0.05) is 0 Å². The topological polar surface area (TPSA) is 61.5 Å². The average Bonchev–Trinajstić information content (AvgIpc) is 2.54. The van der Waals surface area contributed by atoms with Gasteiger partial charge in [0.2, 0.25) is 0 Å². The van der Waals surface area contributed by atoms with Gasteiger partial charge < -0.3 is 15.2 Å². The van der Waals surface area contributed by atoms with Crippen LogP contribution < -0.4 is 10.5 Å². The molecule has 0 fully saturated rings. The molecule has 0 saturated heterocycles. The lowest BCUT2D eigenvalue weighted by atomic mass is 10.1. The molecule has 0 bridgehead atoms. The van der Waals surface area contributed by atoms with Crippen molar-refractivity contribution in [2.75, 3.05) is 0 Å². The van der Waals surface area contributed by atoms with E-state index in [1.807, 2.05) is 30.3 Å². The Labute approximate surface area is 137 Å². The molecule has 7 heteroatoms. The molecule has 2 aromatic carbocycles. The van der Waals surface area contributed by atoms with Gasteiger partial charge in [-0.2, -0.15) is 0 Å². The lowest BCUT2D eigenvalue weighted by Gasteiger charge is -2.13. The van der Waals surface area contributed by atoms with E-state index in [-0.39, 0.29) is 18.8 Å². The Morgan fingerprint density at radius 2 is 1.62 bits per heavy atom. The molecule has 0 aromatic heterocycles. The normalized spacial score (nSPS) is 12.5. The number of halogens is 3. The zero-order valence-electron chi connectivity index (χ0n) is 12.6. The molecule has 2 aromatic rings. The monoisotopic (exact) mass is 339 g/mol. The maximum Gasteiger partial charge on any atom is 0.573 e. The van der Waals surface area contributed by atoms with Crippen LogP contribution in [0.4, 0.5) is 13.2 Å². The third-order valence-corrected chi connectivity index (χ3v) is 3.14. The third kappa shape index (κ3) is 5.92. The molecule has 2 N–H and O–H groups in total. The molecular formula is C17H16F3NO3. The lowest BCUT2D eigenvalue weighted by Crippen LogP contribution is -2.34. The molecule has 2 rings (SSSR count). The predicted octanol–water partition coefficient (Wildman–Crippen LogP) is 3.20. The minimum atomic E-state index is -4.74. The first-order valence-electron chi connectivity index (χ1n) is 7.14. The highest BCUT2D eigenvalue weighted by atomic mass is 19.4. The van der Waals surface area contributed by atoms with Gasteiger partial charge in [0.25, 0.3) is 0 Å². The number of esters is 1. The number of nitrogens with two attached hydrogens (primary N) is 1. The Bertz CT molecular complexity index is 657. The van der Waals surface area contributed by atoms with Crippen molar-refractivity contribution in [2.24, 2.45) is 5.73 Å². The summed E-state index contributed by atoms with van der Waals surface area (Å²) in [5.41, 5.74) is 7.21. The molecule has 0 spiro atoms. The molecule has 0 aliphatic heterocycles. The molecular weight excluding hydrogens is 323 g/mol. The molecule has 0 unspecified atom stereocenters. The average molecular weight is 339 g/mol. The molecule has 0 saturated carbocycles. The molecule has 0 radical (unpaired) electrons. The third-order valence-electron chi connectivity index (χ3n) is 3.14. The highest BCUT2D eigenvalue weighted by molar-refractivity contribution is 5.75. The Morgan fingerprint density at radius 3 is 2.21 bits per heavy atom. The van der Waals surface area contributed by atoms with Crippen LogP contribution >= 0.6 is 0 Å². The Kier molecular flexibility index (Phi) is 5.81. The first kappa shape index (κ1) is 17.8. The van der Waals surface area contributed by atoms with E-state index < -0.39 is 18.4 Å². The highest BCUT2D eigenvalue weighted by Crippen LogP contribution is 2.23. The molecule has 4 nitrogen and oxygen atoms in total. The molecule has 0 aliphatic carbocycles. The van der Waals surface area contributed by atoms with Crippen LogP contribution in [0.25, 0.3) is 0 Å². The largest absolute Gasteiger partial charge is 0.573 e. The van der Waals surface area contributed by atoms with Crippen molar-refractivity contribution >= 4 is 5.97 Å². The van der Waals surface area contributed by atoms with Gasteiger partial charge in [-0.25, -0.2) is 0 Å². The fraction of sp³-hybridized carbons (Fsp3) is 0.235. The Morgan fingerprint density at radius 1 is 1.00 bits per heavy atom. The van der Waals surface area contributed by atoms with E-state index in [2.05, 4.69) is 4.74 Å². The summed E-state index contributed by atoms with van der Waals surface area (Å²) < 4.78 is 45.1. The second-order valence-electron chi connectivity index (χ2n) is 5.10. The molecule has 0 aliphatic rings. The second kappa shape index (κ2) is 7.83. The van der Waals surface area contributed by atoms with Crippen molar-refractivity contribution in [2.45, 2.75) is 25.4 Å². The van der Waals surface area contributed by atoms with E-state index in [1.54, 1.807) is 0 Å². The van der Waals surface area contributed by atoms with Gasteiger partial charge in [0.1, 0.15) is 18.4 Å². The van der Waals surface area contributed by atoms with Crippen molar-refractivity contribution in [3.8, 4) is 5.75 Å². The van der Waals surface area contributed by atoms with Crippen LogP contribution in [-0.4, -0.2) is 18.4 Å². The molecule has 24 heavy (non-hydrogen) atoms. The standard InChI is InChI=1S/C17H16F3NO3/c18-17(19,20)24-14-8-6-12(7-9-14)10-15(21)16(22)23-11-13-4-2-1-3-5-13/h1-9,15H,10-11,21H2/t15-/m0/s1. The zero-order chi connectivity index (χ0) is 17.6. The minimum Gasteiger partial charge on any atom is -0.460 e. The summed E-state index contributed by atoms with van der Waals surface area (Å²) >= 11 is 0. The van der Waals surface area contributed by atoms with E-state index in [9.17, 15) is 18.0 Å². The summed E-state index contributed by atoms with van der Waals surface area (Å²) in [6.45, 7) is 0.117. The van der Waals surface area contributed by atoms with Crippen molar-refractivity contribution in [1.82, 2.24) is 0 Å². The van der Waals surface area contributed by atoms with Crippen LogP contribution in [0, 0.1) is 0 Å². The van der Waals surface area contributed by atoms with E-state index in [1.165, 1.54) is 24.3 Å². The van der Waals surface area contributed by atoms with Crippen LogP contribution in [0.1, 0.15) is 11.1 Å². The molecule has 1 atom stereocenters. The van der Waals surface area contributed by atoms with Crippen LogP contribution in [0.3, 0.4) is 0 Å². The van der Waals surface area contributed by atoms with Crippen LogP contribution in [0.5, 0.6) is 5.75 Å². The van der Waals surface area contributed by atoms with Gasteiger partial charge >= 0.3 is 12.3 Å². The SMILES string of the molecule is N[C@@H](Cc1ccc(OC(F)(F)F)cc1)C(=O)OCc1ccccc1. The number of carbonyl (C=O) groups is 1. The predicted molar refractivity (Wildman–Crippen MR) is 81.0 cm³/mol. The van der Waals surface area contributed by atoms with E-state index >= 15 is 0 Å². The van der Waals surface area contributed by atoms with Crippen molar-refractivity contribution < 1.29 is 27.4 Å². The van der Waals surface area contributed by atoms with E-state index in [0.29, 0.717) is 5.56 Å². The van der Waals surface area contributed by atoms with Gasteiger partial charge in [-0.05, 0) is 29.7 Å². The summed E-state index contributed by atoms with van der Waals surface area (Å²) in [6, 6.07) is 13.4. The molecule has 0 heterocycles.